The lowest BCUT2D eigenvalue weighted by Gasteiger charge is -2.30. The van der Waals surface area contributed by atoms with Gasteiger partial charge in [-0.2, -0.15) is 0 Å². The normalized spacial score (nSPS) is 13.1. The van der Waals surface area contributed by atoms with Gasteiger partial charge in [0.2, 0.25) is 0 Å². The Bertz CT molecular complexity index is 590. The van der Waals surface area contributed by atoms with Crippen LogP contribution < -0.4 is 20.1 Å². The molecule has 7 heteroatoms. The van der Waals surface area contributed by atoms with Crippen LogP contribution in [0.25, 0.3) is 0 Å². The fraction of sp³-hybridized carbons (Fsp3) is 0.682. The molecule has 0 radical (unpaired) electrons. The van der Waals surface area contributed by atoms with E-state index in [2.05, 4.69) is 48.2 Å². The van der Waals surface area contributed by atoms with Crippen molar-refractivity contribution in [3.8, 4) is 11.5 Å². The standard InChI is InChI=1S/C22H40N4O3/c1-8-23-22(24-10-9-11-26(16(2)3)17(4)5)25-15-21(27)18-12-19(28-6)14-20(13-18)29-7/h12-14,16-17,21,27H,8-11,15H2,1-7H3,(H2,23,24,25). The van der Waals surface area contributed by atoms with E-state index in [1.165, 1.54) is 0 Å². The highest BCUT2D eigenvalue weighted by molar-refractivity contribution is 5.79. The number of guanidine groups is 1. The van der Waals surface area contributed by atoms with Crippen molar-refractivity contribution in [2.24, 2.45) is 4.99 Å². The van der Waals surface area contributed by atoms with Crippen molar-refractivity contribution in [1.82, 2.24) is 15.5 Å². The number of methoxy groups -OCH3 is 2. The van der Waals surface area contributed by atoms with Gasteiger partial charge in [0.05, 0.1) is 26.9 Å². The van der Waals surface area contributed by atoms with E-state index >= 15 is 0 Å². The predicted octanol–water partition coefficient (Wildman–Crippen LogP) is 2.80. The number of hydrogen-bond acceptors (Lipinski definition) is 5. The summed E-state index contributed by atoms with van der Waals surface area (Å²) in [4.78, 5) is 7.01. The maximum absolute atomic E-state index is 10.6. The maximum atomic E-state index is 10.6. The molecule has 0 aliphatic carbocycles. The Hall–Kier alpha value is -1.99. The van der Waals surface area contributed by atoms with E-state index in [0.29, 0.717) is 35.1 Å². The van der Waals surface area contributed by atoms with Crippen LogP contribution in [-0.2, 0) is 0 Å². The molecule has 0 saturated heterocycles. The molecule has 7 nitrogen and oxygen atoms in total. The molecule has 0 amide bonds. The number of nitrogens with zero attached hydrogens (tertiary/aromatic N) is 2. The van der Waals surface area contributed by atoms with Gasteiger partial charge in [-0.05, 0) is 58.7 Å². The molecule has 1 rings (SSSR count). The highest BCUT2D eigenvalue weighted by Gasteiger charge is 2.13. The first kappa shape index (κ1) is 25.0. The van der Waals surface area contributed by atoms with E-state index in [1.54, 1.807) is 32.4 Å². The van der Waals surface area contributed by atoms with Crippen molar-refractivity contribution in [2.75, 3.05) is 40.4 Å². The van der Waals surface area contributed by atoms with E-state index in [1.807, 2.05) is 6.92 Å². The van der Waals surface area contributed by atoms with Crippen molar-refractivity contribution >= 4 is 5.96 Å². The Morgan fingerprint density at radius 2 is 1.62 bits per heavy atom. The van der Waals surface area contributed by atoms with Gasteiger partial charge in [0.1, 0.15) is 11.5 Å². The van der Waals surface area contributed by atoms with Crippen LogP contribution in [0.4, 0.5) is 0 Å². The van der Waals surface area contributed by atoms with Crippen LogP contribution in [0, 0.1) is 0 Å². The molecule has 1 aromatic rings. The van der Waals surface area contributed by atoms with Crippen molar-refractivity contribution in [3.63, 3.8) is 0 Å². The molecule has 1 unspecified atom stereocenters. The largest absolute Gasteiger partial charge is 0.497 e. The Morgan fingerprint density at radius 3 is 2.10 bits per heavy atom. The smallest absolute Gasteiger partial charge is 0.191 e. The van der Waals surface area contributed by atoms with Gasteiger partial charge < -0.3 is 25.2 Å². The van der Waals surface area contributed by atoms with Crippen molar-refractivity contribution in [3.05, 3.63) is 23.8 Å². The van der Waals surface area contributed by atoms with Gasteiger partial charge in [-0.3, -0.25) is 9.89 Å². The summed E-state index contributed by atoms with van der Waals surface area (Å²) in [6.07, 6.45) is 0.281. The minimum Gasteiger partial charge on any atom is -0.497 e. The van der Waals surface area contributed by atoms with Gasteiger partial charge in [0.15, 0.2) is 5.96 Å². The molecule has 0 saturated carbocycles. The molecule has 0 bridgehead atoms. The Balaban J connectivity index is 2.65. The number of ether oxygens (including phenoxy) is 2. The van der Waals surface area contributed by atoms with E-state index in [-0.39, 0.29) is 6.54 Å². The van der Waals surface area contributed by atoms with Crippen molar-refractivity contribution in [1.29, 1.82) is 0 Å². The zero-order chi connectivity index (χ0) is 21.8. The van der Waals surface area contributed by atoms with E-state index in [4.69, 9.17) is 9.47 Å². The molecule has 1 aromatic carbocycles. The fourth-order valence-corrected chi connectivity index (χ4v) is 3.23. The van der Waals surface area contributed by atoms with E-state index in [9.17, 15) is 5.11 Å². The van der Waals surface area contributed by atoms with Gasteiger partial charge in [0.25, 0.3) is 0 Å². The average molecular weight is 409 g/mol. The van der Waals surface area contributed by atoms with Gasteiger partial charge >= 0.3 is 0 Å². The molecular weight excluding hydrogens is 368 g/mol. The van der Waals surface area contributed by atoms with Crippen LogP contribution in [0.5, 0.6) is 11.5 Å². The second-order valence-electron chi connectivity index (χ2n) is 7.59. The minimum absolute atomic E-state index is 0.246. The number of rotatable bonds is 12. The first-order valence-corrected chi connectivity index (χ1v) is 10.5. The van der Waals surface area contributed by atoms with Crippen molar-refractivity contribution < 1.29 is 14.6 Å². The monoisotopic (exact) mass is 408 g/mol. The molecule has 3 N–H and O–H groups in total. The summed E-state index contributed by atoms with van der Waals surface area (Å²) in [7, 11) is 3.19. The molecular formula is C22H40N4O3. The van der Waals surface area contributed by atoms with Gasteiger partial charge in [-0.25, -0.2) is 0 Å². The molecule has 0 aliphatic rings. The molecule has 0 spiro atoms. The maximum Gasteiger partial charge on any atom is 0.191 e. The SMILES string of the molecule is CCNC(=NCC(O)c1cc(OC)cc(OC)c1)NCCCN(C(C)C)C(C)C. The summed E-state index contributed by atoms with van der Waals surface area (Å²) >= 11 is 0. The summed E-state index contributed by atoms with van der Waals surface area (Å²) in [6, 6.07) is 6.45. The zero-order valence-corrected chi connectivity index (χ0v) is 19.2. The number of nitrogens with one attached hydrogen (secondary N) is 2. The number of hydrogen-bond donors (Lipinski definition) is 3. The third kappa shape index (κ3) is 8.92. The number of benzene rings is 1. The first-order valence-electron chi connectivity index (χ1n) is 10.5. The number of aliphatic hydroxyl groups excluding tert-OH is 1. The third-order valence-electron chi connectivity index (χ3n) is 4.74. The molecule has 0 fully saturated rings. The first-order chi connectivity index (χ1) is 13.8. The molecule has 166 valence electrons. The van der Waals surface area contributed by atoms with Gasteiger partial charge in [-0.1, -0.05) is 0 Å². The van der Waals surface area contributed by atoms with Crippen LogP contribution >= 0.6 is 0 Å². The average Bonchev–Trinajstić information content (AvgIpc) is 2.70. The summed E-state index contributed by atoms with van der Waals surface area (Å²) in [5.74, 6) is 2.00. The predicted molar refractivity (Wildman–Crippen MR) is 120 cm³/mol. The third-order valence-corrected chi connectivity index (χ3v) is 4.74. The highest BCUT2D eigenvalue weighted by atomic mass is 16.5. The lowest BCUT2D eigenvalue weighted by atomic mass is 10.1. The van der Waals surface area contributed by atoms with Crippen LogP contribution in [0.15, 0.2) is 23.2 Å². The quantitative estimate of drug-likeness (QED) is 0.280. The second kappa shape index (κ2) is 13.3. The lowest BCUT2D eigenvalue weighted by molar-refractivity contribution is 0.173. The molecule has 1 atom stereocenters. The van der Waals surface area contributed by atoms with E-state index in [0.717, 1.165) is 26.1 Å². The lowest BCUT2D eigenvalue weighted by Crippen LogP contribution is -2.41. The van der Waals surface area contributed by atoms with Gasteiger partial charge in [-0.15, -0.1) is 0 Å². The second-order valence-corrected chi connectivity index (χ2v) is 7.59. The van der Waals surface area contributed by atoms with Crippen LogP contribution in [-0.4, -0.2) is 68.4 Å². The van der Waals surface area contributed by atoms with E-state index < -0.39 is 6.10 Å². The Kier molecular flexibility index (Phi) is 11.5. The molecule has 29 heavy (non-hydrogen) atoms. The summed E-state index contributed by atoms with van der Waals surface area (Å²) < 4.78 is 10.5. The summed E-state index contributed by atoms with van der Waals surface area (Å²) in [5.41, 5.74) is 0.713. The van der Waals surface area contributed by atoms with Crippen molar-refractivity contribution in [2.45, 2.75) is 59.2 Å². The zero-order valence-electron chi connectivity index (χ0n) is 19.2. The molecule has 0 aromatic heterocycles. The fourth-order valence-electron chi connectivity index (χ4n) is 3.23. The number of aliphatic hydroxyl groups is 1. The molecule has 0 aliphatic heterocycles. The molecule has 0 heterocycles. The Labute approximate surface area is 176 Å². The Morgan fingerprint density at radius 1 is 1.03 bits per heavy atom. The minimum atomic E-state index is -0.744. The van der Waals surface area contributed by atoms with Crippen LogP contribution in [0.3, 0.4) is 0 Å². The number of aliphatic imine (C=N–C) groups is 1. The highest BCUT2D eigenvalue weighted by Crippen LogP contribution is 2.26. The van der Waals surface area contributed by atoms with Gasteiger partial charge in [0, 0.05) is 37.8 Å². The summed E-state index contributed by atoms with van der Waals surface area (Å²) in [5, 5.41) is 17.2. The van der Waals surface area contributed by atoms with Crippen LogP contribution in [0.2, 0.25) is 0 Å². The summed E-state index contributed by atoms with van der Waals surface area (Å²) in [6.45, 7) is 13.8. The topological polar surface area (TPSA) is 78.4 Å². The van der Waals surface area contributed by atoms with Crippen LogP contribution in [0.1, 0.15) is 52.7 Å².